The van der Waals surface area contributed by atoms with Gasteiger partial charge in [-0.25, -0.2) is 4.98 Å². The smallest absolute Gasteiger partial charge is 0.255 e. The van der Waals surface area contributed by atoms with Gasteiger partial charge >= 0.3 is 0 Å². The normalized spacial score (nSPS) is 11.3. The lowest BCUT2D eigenvalue weighted by atomic mass is 10.5. The van der Waals surface area contributed by atoms with Crippen molar-refractivity contribution in [3.63, 3.8) is 0 Å². The minimum absolute atomic E-state index is 0.230. The number of aliphatic imine (C=N–C) groups is 1. The van der Waals surface area contributed by atoms with Crippen molar-refractivity contribution >= 4 is 35.1 Å². The van der Waals surface area contributed by atoms with Crippen molar-refractivity contribution in [2.75, 3.05) is 6.61 Å². The zero-order valence-corrected chi connectivity index (χ0v) is 8.69. The molecule has 0 bridgehead atoms. The molecule has 0 radical (unpaired) electrons. The quantitative estimate of drug-likeness (QED) is 0.490. The van der Waals surface area contributed by atoms with Crippen LogP contribution in [0.4, 0.5) is 5.95 Å². The van der Waals surface area contributed by atoms with Gasteiger partial charge in [-0.1, -0.05) is 11.6 Å². The van der Waals surface area contributed by atoms with E-state index in [0.717, 1.165) is 0 Å². The number of ether oxygens (including phenoxy) is 1. The van der Waals surface area contributed by atoms with Crippen LogP contribution in [0.2, 0.25) is 5.15 Å². The first-order valence-electron chi connectivity index (χ1n) is 4.32. The number of rotatable bonds is 3. The summed E-state index contributed by atoms with van der Waals surface area (Å²) in [6.45, 7) is 2.40. The molecule has 0 aliphatic rings. The second-order valence-corrected chi connectivity index (χ2v) is 2.96. The molecule has 0 saturated heterocycles. The van der Waals surface area contributed by atoms with Gasteiger partial charge in [-0.2, -0.15) is 15.0 Å². The number of H-pyrrole nitrogens is 1. The Balaban J connectivity index is 2.36. The van der Waals surface area contributed by atoms with Gasteiger partial charge in [0.2, 0.25) is 0 Å². The van der Waals surface area contributed by atoms with E-state index in [9.17, 15) is 0 Å². The van der Waals surface area contributed by atoms with Crippen molar-refractivity contribution in [2.24, 2.45) is 4.99 Å². The third-order valence-electron chi connectivity index (χ3n) is 1.64. The van der Waals surface area contributed by atoms with Crippen LogP contribution in [0, 0.1) is 0 Å². The highest BCUT2D eigenvalue weighted by Gasteiger charge is 2.06. The van der Waals surface area contributed by atoms with Crippen LogP contribution >= 0.6 is 11.6 Å². The third kappa shape index (κ3) is 2.04. The first-order valence-corrected chi connectivity index (χ1v) is 4.70. The Morgan fingerprint density at radius 2 is 2.47 bits per heavy atom. The Bertz CT molecular complexity index is 495. The molecule has 0 amide bonds. The maximum atomic E-state index is 5.88. The summed E-state index contributed by atoms with van der Waals surface area (Å²) in [4.78, 5) is 18.7. The fourth-order valence-electron chi connectivity index (χ4n) is 1.00. The number of hydrogen-bond acceptors (Lipinski definition) is 5. The summed E-state index contributed by atoms with van der Waals surface area (Å²) in [7, 11) is 0. The van der Waals surface area contributed by atoms with E-state index >= 15 is 0 Å². The number of aromatic amines is 1. The largest absolute Gasteiger partial charge is 0.483 e. The standard InChI is InChI=1S/C8H8ClN5O/c1-2-15-4-12-8-13-6(9)5-7(14-8)11-3-10-5/h3-4H,2H2,1H3,(H,10,11,13,14)/b12-4+. The van der Waals surface area contributed by atoms with E-state index < -0.39 is 0 Å². The lowest BCUT2D eigenvalue weighted by Gasteiger charge is -1.95. The van der Waals surface area contributed by atoms with Crippen LogP contribution in [0.3, 0.4) is 0 Å². The van der Waals surface area contributed by atoms with Crippen LogP contribution in [0.1, 0.15) is 6.92 Å². The molecule has 2 aromatic rings. The first-order chi connectivity index (χ1) is 7.31. The van der Waals surface area contributed by atoms with Crippen molar-refractivity contribution in [3.05, 3.63) is 11.5 Å². The predicted octanol–water partition coefficient (Wildman–Crippen LogP) is 1.70. The average molecular weight is 226 g/mol. The Morgan fingerprint density at radius 1 is 1.60 bits per heavy atom. The molecule has 0 aliphatic heterocycles. The van der Waals surface area contributed by atoms with Gasteiger partial charge in [0.05, 0.1) is 12.9 Å². The molecule has 15 heavy (non-hydrogen) atoms. The number of fused-ring (bicyclic) bond motifs is 1. The van der Waals surface area contributed by atoms with Gasteiger partial charge in [-0.3, -0.25) is 0 Å². The monoisotopic (exact) mass is 225 g/mol. The van der Waals surface area contributed by atoms with Gasteiger partial charge in [0.1, 0.15) is 5.52 Å². The maximum Gasteiger partial charge on any atom is 0.255 e. The molecular weight excluding hydrogens is 218 g/mol. The molecule has 2 rings (SSSR count). The number of nitrogens with zero attached hydrogens (tertiary/aromatic N) is 4. The average Bonchev–Trinajstić information content (AvgIpc) is 2.66. The number of aromatic nitrogens is 4. The van der Waals surface area contributed by atoms with Crippen LogP contribution in [0.25, 0.3) is 11.2 Å². The molecule has 7 heteroatoms. The highest BCUT2D eigenvalue weighted by molar-refractivity contribution is 6.33. The van der Waals surface area contributed by atoms with E-state index in [-0.39, 0.29) is 5.95 Å². The molecule has 78 valence electrons. The van der Waals surface area contributed by atoms with Gasteiger partial charge in [0.25, 0.3) is 5.95 Å². The van der Waals surface area contributed by atoms with E-state index in [0.29, 0.717) is 22.9 Å². The van der Waals surface area contributed by atoms with Crippen molar-refractivity contribution in [1.29, 1.82) is 0 Å². The molecule has 0 aliphatic carbocycles. The van der Waals surface area contributed by atoms with Crippen molar-refractivity contribution in [3.8, 4) is 0 Å². The Morgan fingerprint density at radius 3 is 3.27 bits per heavy atom. The Hall–Kier alpha value is -1.69. The number of halogens is 1. The summed E-state index contributed by atoms with van der Waals surface area (Å²) in [6, 6.07) is 0. The molecule has 0 aromatic carbocycles. The molecule has 2 heterocycles. The molecule has 0 atom stereocenters. The van der Waals surface area contributed by atoms with Gasteiger partial charge in [0, 0.05) is 0 Å². The van der Waals surface area contributed by atoms with Crippen LogP contribution in [-0.4, -0.2) is 32.9 Å². The van der Waals surface area contributed by atoms with E-state index in [4.69, 9.17) is 16.3 Å². The highest BCUT2D eigenvalue weighted by atomic mass is 35.5. The summed E-state index contributed by atoms with van der Waals surface area (Å²) in [5, 5.41) is 0.293. The van der Waals surface area contributed by atoms with E-state index in [1.165, 1.54) is 12.7 Å². The minimum Gasteiger partial charge on any atom is -0.483 e. The molecule has 0 fully saturated rings. The van der Waals surface area contributed by atoms with Gasteiger partial charge < -0.3 is 9.72 Å². The lowest BCUT2D eigenvalue weighted by molar-refractivity contribution is 0.343. The zero-order chi connectivity index (χ0) is 10.7. The zero-order valence-electron chi connectivity index (χ0n) is 7.94. The maximum absolute atomic E-state index is 5.88. The second kappa shape index (κ2) is 4.22. The Kier molecular flexibility index (Phi) is 2.77. The topological polar surface area (TPSA) is 76.1 Å². The highest BCUT2D eigenvalue weighted by Crippen LogP contribution is 2.19. The fourth-order valence-corrected chi connectivity index (χ4v) is 1.22. The summed E-state index contributed by atoms with van der Waals surface area (Å²) >= 11 is 5.88. The molecule has 2 aromatic heterocycles. The van der Waals surface area contributed by atoms with E-state index in [1.807, 2.05) is 6.92 Å². The Labute approximate surface area is 90.4 Å². The van der Waals surface area contributed by atoms with Crippen molar-refractivity contribution < 1.29 is 4.74 Å². The SMILES string of the molecule is CCO/C=N/c1nc(Cl)c2[nH]cnc2n1. The van der Waals surface area contributed by atoms with Crippen LogP contribution in [0.5, 0.6) is 0 Å². The first kappa shape index (κ1) is 9.85. The molecule has 1 N–H and O–H groups in total. The van der Waals surface area contributed by atoms with Gasteiger partial charge in [-0.15, -0.1) is 0 Å². The van der Waals surface area contributed by atoms with E-state index in [1.54, 1.807) is 0 Å². The third-order valence-corrected chi connectivity index (χ3v) is 1.91. The molecule has 0 unspecified atom stereocenters. The van der Waals surface area contributed by atoms with Crippen LogP contribution in [0.15, 0.2) is 11.3 Å². The minimum atomic E-state index is 0.230. The summed E-state index contributed by atoms with van der Waals surface area (Å²) in [5.41, 5.74) is 1.09. The molecule has 0 spiro atoms. The van der Waals surface area contributed by atoms with E-state index in [2.05, 4.69) is 24.9 Å². The second-order valence-electron chi connectivity index (χ2n) is 2.61. The summed E-state index contributed by atoms with van der Waals surface area (Å²) in [6.07, 6.45) is 2.78. The number of nitrogens with one attached hydrogen (secondary N) is 1. The number of hydrogen-bond donors (Lipinski definition) is 1. The number of imidazole rings is 1. The van der Waals surface area contributed by atoms with Gasteiger partial charge in [-0.05, 0) is 6.92 Å². The predicted molar refractivity (Wildman–Crippen MR) is 56.5 cm³/mol. The van der Waals surface area contributed by atoms with Crippen molar-refractivity contribution in [2.45, 2.75) is 6.92 Å². The molecule has 0 saturated carbocycles. The van der Waals surface area contributed by atoms with Gasteiger partial charge in [0.15, 0.2) is 17.2 Å². The van der Waals surface area contributed by atoms with Crippen molar-refractivity contribution in [1.82, 2.24) is 19.9 Å². The van der Waals surface area contributed by atoms with Crippen LogP contribution < -0.4 is 0 Å². The lowest BCUT2D eigenvalue weighted by Crippen LogP contribution is -1.88. The molecule has 6 nitrogen and oxygen atoms in total. The fraction of sp³-hybridized carbons (Fsp3) is 0.250. The summed E-state index contributed by atoms with van der Waals surface area (Å²) < 4.78 is 4.93. The molecular formula is C8H8ClN5O. The van der Waals surface area contributed by atoms with Crippen LogP contribution in [-0.2, 0) is 4.74 Å². The summed E-state index contributed by atoms with van der Waals surface area (Å²) in [5.74, 6) is 0.230.